The van der Waals surface area contributed by atoms with Crippen LogP contribution >= 0.6 is 0 Å². The zero-order valence-corrected chi connectivity index (χ0v) is 13.5. The molecule has 1 amide bonds. The Hall–Kier alpha value is -2.49. The molecule has 2 aromatic carbocycles. The number of hydrogen-bond acceptors (Lipinski definition) is 3. The quantitative estimate of drug-likeness (QED) is 0.871. The Balaban J connectivity index is 1.59. The van der Waals surface area contributed by atoms with Gasteiger partial charge in [0.05, 0.1) is 7.11 Å². The second kappa shape index (κ2) is 6.73. The number of rotatable bonds is 4. The number of aryl methyl sites for hydroxylation is 1. The third kappa shape index (κ3) is 3.65. The van der Waals surface area contributed by atoms with Gasteiger partial charge in [-0.25, -0.2) is 0 Å². The molecule has 1 aliphatic rings. The van der Waals surface area contributed by atoms with E-state index in [2.05, 4.69) is 6.07 Å². The lowest BCUT2D eigenvalue weighted by atomic mass is 9.99. The summed E-state index contributed by atoms with van der Waals surface area (Å²) in [5, 5.41) is 0. The lowest BCUT2D eigenvalue weighted by Gasteiger charge is -2.29. The molecule has 0 atom stereocenters. The highest BCUT2D eigenvalue weighted by Gasteiger charge is 2.21. The topological polar surface area (TPSA) is 38.8 Å². The average molecular weight is 311 g/mol. The first kappa shape index (κ1) is 15.4. The van der Waals surface area contributed by atoms with Gasteiger partial charge in [0, 0.05) is 13.1 Å². The van der Waals surface area contributed by atoms with Crippen molar-refractivity contribution in [1.29, 1.82) is 0 Å². The lowest BCUT2D eigenvalue weighted by molar-refractivity contribution is -0.134. The number of carbonyl (C=O) groups is 1. The van der Waals surface area contributed by atoms with Crippen molar-refractivity contribution < 1.29 is 14.3 Å². The molecule has 0 aromatic heterocycles. The smallest absolute Gasteiger partial charge is 0.260 e. The molecule has 23 heavy (non-hydrogen) atoms. The zero-order valence-electron chi connectivity index (χ0n) is 13.5. The van der Waals surface area contributed by atoms with Crippen LogP contribution in [0.2, 0.25) is 0 Å². The van der Waals surface area contributed by atoms with Crippen molar-refractivity contribution in [3.8, 4) is 11.5 Å². The number of benzene rings is 2. The molecule has 1 heterocycles. The molecule has 0 N–H and O–H groups in total. The van der Waals surface area contributed by atoms with E-state index in [-0.39, 0.29) is 12.5 Å². The van der Waals surface area contributed by atoms with Crippen molar-refractivity contribution >= 4 is 5.91 Å². The summed E-state index contributed by atoms with van der Waals surface area (Å²) in [6.45, 7) is 3.45. The van der Waals surface area contributed by atoms with Gasteiger partial charge in [0.25, 0.3) is 5.91 Å². The van der Waals surface area contributed by atoms with E-state index in [1.165, 1.54) is 16.7 Å². The molecule has 0 radical (unpaired) electrons. The minimum Gasteiger partial charge on any atom is -0.497 e. The molecule has 1 aliphatic heterocycles. The predicted molar refractivity (Wildman–Crippen MR) is 88.8 cm³/mol. The van der Waals surface area contributed by atoms with E-state index in [1.54, 1.807) is 7.11 Å². The fraction of sp³-hybridized carbons (Fsp3) is 0.316. The summed E-state index contributed by atoms with van der Waals surface area (Å²) >= 11 is 0. The first-order valence-corrected chi connectivity index (χ1v) is 7.79. The maximum atomic E-state index is 12.3. The molecule has 4 nitrogen and oxygen atoms in total. The van der Waals surface area contributed by atoms with E-state index in [0.717, 1.165) is 24.5 Å². The van der Waals surface area contributed by atoms with Gasteiger partial charge in [-0.15, -0.1) is 0 Å². The van der Waals surface area contributed by atoms with E-state index in [9.17, 15) is 4.79 Å². The summed E-state index contributed by atoms with van der Waals surface area (Å²) in [5.74, 6) is 1.62. The summed E-state index contributed by atoms with van der Waals surface area (Å²) in [7, 11) is 1.67. The SMILES string of the molecule is COc1ccc2c(c1)CCN(C(=O)COc1ccc(C)cc1)C2. The van der Waals surface area contributed by atoms with Crippen LogP contribution in [0.3, 0.4) is 0 Å². The van der Waals surface area contributed by atoms with Crippen LogP contribution in [-0.2, 0) is 17.8 Å². The normalized spacial score (nSPS) is 13.4. The van der Waals surface area contributed by atoms with Crippen LogP contribution in [0.5, 0.6) is 11.5 Å². The first-order chi connectivity index (χ1) is 11.2. The van der Waals surface area contributed by atoms with Crippen LogP contribution < -0.4 is 9.47 Å². The van der Waals surface area contributed by atoms with Gasteiger partial charge in [-0.05, 0) is 48.7 Å². The standard InChI is InChI=1S/C19H21NO3/c1-14-3-6-17(7-4-14)23-13-19(21)20-10-9-15-11-18(22-2)8-5-16(15)12-20/h3-8,11H,9-10,12-13H2,1-2H3. The van der Waals surface area contributed by atoms with E-state index in [1.807, 2.05) is 48.2 Å². The lowest BCUT2D eigenvalue weighted by Crippen LogP contribution is -2.38. The van der Waals surface area contributed by atoms with Gasteiger partial charge in [0.2, 0.25) is 0 Å². The van der Waals surface area contributed by atoms with E-state index in [0.29, 0.717) is 6.54 Å². The molecule has 4 heteroatoms. The van der Waals surface area contributed by atoms with Gasteiger partial charge >= 0.3 is 0 Å². The average Bonchev–Trinajstić information content (AvgIpc) is 2.60. The summed E-state index contributed by atoms with van der Waals surface area (Å²) in [6.07, 6.45) is 0.850. The van der Waals surface area contributed by atoms with Crippen molar-refractivity contribution in [3.63, 3.8) is 0 Å². The van der Waals surface area contributed by atoms with E-state index < -0.39 is 0 Å². The highest BCUT2D eigenvalue weighted by Crippen LogP contribution is 2.23. The van der Waals surface area contributed by atoms with Crippen LogP contribution in [0.1, 0.15) is 16.7 Å². The van der Waals surface area contributed by atoms with Crippen LogP contribution in [-0.4, -0.2) is 31.1 Å². The minimum absolute atomic E-state index is 0.0204. The molecule has 0 bridgehead atoms. The molecule has 0 unspecified atom stereocenters. The molecule has 120 valence electrons. The molecule has 0 saturated carbocycles. The van der Waals surface area contributed by atoms with Gasteiger partial charge in [-0.3, -0.25) is 4.79 Å². The summed E-state index contributed by atoms with van der Waals surface area (Å²) in [5.41, 5.74) is 3.61. The molecule has 0 fully saturated rings. The molecule has 3 rings (SSSR count). The number of methoxy groups -OCH3 is 1. The Morgan fingerprint density at radius 2 is 1.83 bits per heavy atom. The Bertz CT molecular complexity index is 694. The highest BCUT2D eigenvalue weighted by atomic mass is 16.5. The highest BCUT2D eigenvalue weighted by molar-refractivity contribution is 5.78. The van der Waals surface area contributed by atoms with Gasteiger partial charge in [0.1, 0.15) is 11.5 Å². The summed E-state index contributed by atoms with van der Waals surface area (Å²) in [6, 6.07) is 13.8. The number of amides is 1. The molecular weight excluding hydrogens is 290 g/mol. The number of nitrogens with zero attached hydrogens (tertiary/aromatic N) is 1. The van der Waals surface area contributed by atoms with Gasteiger partial charge in [0.15, 0.2) is 6.61 Å². The second-order valence-corrected chi connectivity index (χ2v) is 5.80. The third-order valence-electron chi connectivity index (χ3n) is 4.16. The molecular formula is C19H21NO3. The zero-order chi connectivity index (χ0) is 16.2. The monoisotopic (exact) mass is 311 g/mol. The minimum atomic E-state index is 0.0204. The maximum Gasteiger partial charge on any atom is 0.260 e. The van der Waals surface area contributed by atoms with Crippen molar-refractivity contribution in [2.75, 3.05) is 20.3 Å². The summed E-state index contributed by atoms with van der Waals surface area (Å²) in [4.78, 5) is 14.2. The maximum absolute atomic E-state index is 12.3. The fourth-order valence-corrected chi connectivity index (χ4v) is 2.74. The Morgan fingerprint density at radius 3 is 2.57 bits per heavy atom. The van der Waals surface area contributed by atoms with Crippen molar-refractivity contribution in [2.45, 2.75) is 19.9 Å². The molecule has 0 spiro atoms. The van der Waals surface area contributed by atoms with Crippen LogP contribution in [0.4, 0.5) is 0 Å². The number of hydrogen-bond donors (Lipinski definition) is 0. The molecule has 0 saturated heterocycles. The largest absolute Gasteiger partial charge is 0.497 e. The fourth-order valence-electron chi connectivity index (χ4n) is 2.74. The molecule has 2 aromatic rings. The van der Waals surface area contributed by atoms with Gasteiger partial charge in [-0.1, -0.05) is 23.8 Å². The molecule has 0 aliphatic carbocycles. The second-order valence-electron chi connectivity index (χ2n) is 5.80. The third-order valence-corrected chi connectivity index (χ3v) is 4.16. The first-order valence-electron chi connectivity index (χ1n) is 7.79. The van der Waals surface area contributed by atoms with Crippen LogP contribution in [0.25, 0.3) is 0 Å². The van der Waals surface area contributed by atoms with Crippen molar-refractivity contribution in [3.05, 3.63) is 59.2 Å². The Morgan fingerprint density at radius 1 is 1.09 bits per heavy atom. The Kier molecular flexibility index (Phi) is 4.51. The van der Waals surface area contributed by atoms with Gasteiger partial charge < -0.3 is 14.4 Å². The number of ether oxygens (including phenoxy) is 2. The number of carbonyl (C=O) groups excluding carboxylic acids is 1. The predicted octanol–water partition coefficient (Wildman–Crippen LogP) is 2.97. The van der Waals surface area contributed by atoms with Crippen LogP contribution in [0.15, 0.2) is 42.5 Å². The Labute approximate surface area is 136 Å². The van der Waals surface area contributed by atoms with Gasteiger partial charge in [-0.2, -0.15) is 0 Å². The van der Waals surface area contributed by atoms with Crippen molar-refractivity contribution in [1.82, 2.24) is 4.90 Å². The van der Waals surface area contributed by atoms with E-state index >= 15 is 0 Å². The summed E-state index contributed by atoms with van der Waals surface area (Å²) < 4.78 is 10.8. The van der Waals surface area contributed by atoms with Crippen molar-refractivity contribution in [2.24, 2.45) is 0 Å². The van der Waals surface area contributed by atoms with E-state index in [4.69, 9.17) is 9.47 Å². The number of fused-ring (bicyclic) bond motifs is 1. The van der Waals surface area contributed by atoms with Crippen LogP contribution in [0, 0.1) is 6.92 Å².